The van der Waals surface area contributed by atoms with Gasteiger partial charge in [0, 0.05) is 10.6 Å². The number of esters is 1. The molecule has 0 atom stereocenters. The Morgan fingerprint density at radius 1 is 0.968 bits per heavy atom. The highest BCUT2D eigenvalue weighted by Gasteiger charge is 2.16. The first-order chi connectivity index (χ1) is 14.9. The van der Waals surface area contributed by atoms with Gasteiger partial charge in [0.15, 0.2) is 11.5 Å². The minimum Gasteiger partial charge on any atom is -0.493 e. The molecule has 158 valence electrons. The van der Waals surface area contributed by atoms with Crippen LogP contribution < -0.4 is 14.9 Å². The minimum atomic E-state index is -0.646. The average molecular weight is 457 g/mol. The summed E-state index contributed by atoms with van der Waals surface area (Å²) in [5, 5.41) is 4.57. The molecule has 1 amide bonds. The van der Waals surface area contributed by atoms with Gasteiger partial charge in [0.25, 0.3) is 5.91 Å². The lowest BCUT2D eigenvalue weighted by molar-refractivity contribution is 0.0729. The number of amides is 1. The molecule has 8 heteroatoms. The normalized spacial score (nSPS) is 10.7. The van der Waals surface area contributed by atoms with E-state index in [9.17, 15) is 9.59 Å². The molecule has 0 aliphatic heterocycles. The van der Waals surface area contributed by atoms with Crippen molar-refractivity contribution in [1.29, 1.82) is 0 Å². The maximum atomic E-state index is 12.4. The minimum absolute atomic E-state index is 0.178. The second kappa shape index (κ2) is 10.1. The van der Waals surface area contributed by atoms with Crippen LogP contribution in [0.15, 0.2) is 65.8 Å². The zero-order chi connectivity index (χ0) is 22.4. The lowest BCUT2D eigenvalue weighted by Gasteiger charge is -2.10. The number of ether oxygens (including phenoxy) is 2. The van der Waals surface area contributed by atoms with E-state index in [0.717, 1.165) is 5.56 Å². The van der Waals surface area contributed by atoms with Crippen LogP contribution in [0.4, 0.5) is 0 Å². The predicted octanol–water partition coefficient (Wildman–Crippen LogP) is 5.29. The molecule has 0 heterocycles. The predicted molar refractivity (Wildman–Crippen MR) is 121 cm³/mol. The third kappa shape index (κ3) is 5.63. The topological polar surface area (TPSA) is 77.0 Å². The van der Waals surface area contributed by atoms with Gasteiger partial charge in [-0.2, -0.15) is 5.10 Å². The molecule has 6 nitrogen and oxygen atoms in total. The first kappa shape index (κ1) is 22.3. The molecule has 0 fully saturated rings. The number of carbonyl (C=O) groups is 2. The lowest BCUT2D eigenvalue weighted by Crippen LogP contribution is -2.18. The fraction of sp³-hybridized carbons (Fsp3) is 0.0870. The first-order valence-electron chi connectivity index (χ1n) is 9.13. The summed E-state index contributed by atoms with van der Waals surface area (Å²) < 4.78 is 10.7. The number of benzene rings is 3. The van der Waals surface area contributed by atoms with Crippen LogP contribution in [-0.4, -0.2) is 25.2 Å². The van der Waals surface area contributed by atoms with E-state index in [-0.39, 0.29) is 22.2 Å². The molecule has 3 rings (SSSR count). The van der Waals surface area contributed by atoms with Crippen LogP contribution in [0.5, 0.6) is 11.5 Å². The molecule has 0 unspecified atom stereocenters. The molecule has 0 radical (unpaired) electrons. The molecule has 0 spiro atoms. The zero-order valence-electron chi connectivity index (χ0n) is 16.7. The van der Waals surface area contributed by atoms with E-state index in [1.54, 1.807) is 36.4 Å². The highest BCUT2D eigenvalue weighted by molar-refractivity contribution is 6.36. The molecule has 0 saturated heterocycles. The molecular weight excluding hydrogens is 439 g/mol. The summed E-state index contributed by atoms with van der Waals surface area (Å²) in [6, 6.07) is 16.6. The Morgan fingerprint density at radius 2 is 1.74 bits per heavy atom. The number of halogens is 2. The van der Waals surface area contributed by atoms with E-state index < -0.39 is 5.97 Å². The first-order valence-corrected chi connectivity index (χ1v) is 9.89. The van der Waals surface area contributed by atoms with E-state index in [2.05, 4.69) is 10.5 Å². The molecule has 0 aliphatic rings. The fourth-order valence-electron chi connectivity index (χ4n) is 2.71. The number of hydrogen-bond donors (Lipinski definition) is 1. The number of rotatable bonds is 6. The van der Waals surface area contributed by atoms with E-state index in [1.165, 1.54) is 25.5 Å². The van der Waals surface area contributed by atoms with Gasteiger partial charge in [-0.3, -0.25) is 4.79 Å². The fourth-order valence-corrected chi connectivity index (χ4v) is 3.20. The Bertz CT molecular complexity index is 1160. The summed E-state index contributed by atoms with van der Waals surface area (Å²) in [5.74, 6) is -0.439. The van der Waals surface area contributed by atoms with Gasteiger partial charge in [-0.05, 0) is 60.5 Å². The third-order valence-electron chi connectivity index (χ3n) is 4.31. The standard InChI is InChI=1S/C23H18Cl2N2O4/c1-14-5-3-4-6-17(14)22(28)27-26-13-15-7-10-20(21(11-15)30-2)31-23(29)18-9-8-16(24)12-19(18)25/h3-13H,1-2H3,(H,27,28). The summed E-state index contributed by atoms with van der Waals surface area (Å²) in [7, 11) is 1.45. The average Bonchev–Trinajstić information content (AvgIpc) is 2.74. The van der Waals surface area contributed by atoms with Crippen molar-refractivity contribution in [2.45, 2.75) is 6.92 Å². The molecule has 31 heavy (non-hydrogen) atoms. The van der Waals surface area contributed by atoms with Gasteiger partial charge < -0.3 is 9.47 Å². The maximum Gasteiger partial charge on any atom is 0.345 e. The lowest BCUT2D eigenvalue weighted by atomic mass is 10.1. The quantitative estimate of drug-likeness (QED) is 0.236. The van der Waals surface area contributed by atoms with Gasteiger partial charge in [-0.1, -0.05) is 41.4 Å². The van der Waals surface area contributed by atoms with Gasteiger partial charge in [-0.25, -0.2) is 10.2 Å². The SMILES string of the molecule is COc1cc(C=NNC(=O)c2ccccc2C)ccc1OC(=O)c1ccc(Cl)cc1Cl. The van der Waals surface area contributed by atoms with Crippen molar-refractivity contribution < 1.29 is 19.1 Å². The highest BCUT2D eigenvalue weighted by Crippen LogP contribution is 2.30. The van der Waals surface area contributed by atoms with Crippen molar-refractivity contribution in [2.24, 2.45) is 5.10 Å². The van der Waals surface area contributed by atoms with Crippen LogP contribution in [0.25, 0.3) is 0 Å². The third-order valence-corrected chi connectivity index (χ3v) is 4.86. The van der Waals surface area contributed by atoms with Gasteiger partial charge in [0.1, 0.15) is 0 Å². The second-order valence-electron chi connectivity index (χ2n) is 6.44. The van der Waals surface area contributed by atoms with Crippen molar-refractivity contribution in [3.63, 3.8) is 0 Å². The van der Waals surface area contributed by atoms with Gasteiger partial charge in [0.2, 0.25) is 0 Å². The van der Waals surface area contributed by atoms with Crippen LogP contribution in [0, 0.1) is 6.92 Å². The monoisotopic (exact) mass is 456 g/mol. The molecule has 3 aromatic carbocycles. The maximum absolute atomic E-state index is 12.4. The summed E-state index contributed by atoms with van der Waals surface area (Å²) in [5.41, 5.74) is 4.69. The number of carbonyl (C=O) groups excluding carboxylic acids is 2. The Morgan fingerprint density at radius 3 is 2.45 bits per heavy atom. The van der Waals surface area contributed by atoms with Crippen molar-refractivity contribution in [1.82, 2.24) is 5.43 Å². The van der Waals surface area contributed by atoms with Crippen LogP contribution in [0.1, 0.15) is 31.8 Å². The molecule has 3 aromatic rings. The van der Waals surface area contributed by atoms with Gasteiger partial charge in [0.05, 0.1) is 23.9 Å². The number of hydrogen-bond acceptors (Lipinski definition) is 5. The molecule has 0 aromatic heterocycles. The van der Waals surface area contributed by atoms with Crippen molar-refractivity contribution in [2.75, 3.05) is 7.11 Å². The number of nitrogens with zero attached hydrogens (tertiary/aromatic N) is 1. The van der Waals surface area contributed by atoms with E-state index in [0.29, 0.717) is 21.9 Å². The van der Waals surface area contributed by atoms with Crippen LogP contribution >= 0.6 is 23.2 Å². The van der Waals surface area contributed by atoms with Crippen molar-refractivity contribution in [3.8, 4) is 11.5 Å². The van der Waals surface area contributed by atoms with E-state index in [4.69, 9.17) is 32.7 Å². The molecule has 0 aliphatic carbocycles. The van der Waals surface area contributed by atoms with E-state index >= 15 is 0 Å². The highest BCUT2D eigenvalue weighted by atomic mass is 35.5. The molecule has 0 bridgehead atoms. The summed E-state index contributed by atoms with van der Waals surface area (Å²) in [6.07, 6.45) is 1.46. The molecular formula is C23H18Cl2N2O4. The van der Waals surface area contributed by atoms with Crippen molar-refractivity contribution in [3.05, 3.63) is 93.0 Å². The number of methoxy groups -OCH3 is 1. The van der Waals surface area contributed by atoms with Crippen LogP contribution in [0.3, 0.4) is 0 Å². The van der Waals surface area contributed by atoms with Gasteiger partial charge >= 0.3 is 5.97 Å². The Hall–Kier alpha value is -3.35. The number of nitrogens with one attached hydrogen (secondary N) is 1. The molecule has 1 N–H and O–H groups in total. The Kier molecular flexibility index (Phi) is 7.28. The van der Waals surface area contributed by atoms with Gasteiger partial charge in [-0.15, -0.1) is 0 Å². The summed E-state index contributed by atoms with van der Waals surface area (Å²) in [4.78, 5) is 24.6. The Balaban J connectivity index is 1.71. The summed E-state index contributed by atoms with van der Waals surface area (Å²) >= 11 is 11.9. The van der Waals surface area contributed by atoms with Crippen molar-refractivity contribution >= 4 is 41.3 Å². The Labute approximate surface area is 189 Å². The largest absolute Gasteiger partial charge is 0.493 e. The smallest absolute Gasteiger partial charge is 0.345 e. The van der Waals surface area contributed by atoms with E-state index in [1.807, 2.05) is 19.1 Å². The van der Waals surface area contributed by atoms with Crippen LogP contribution in [0.2, 0.25) is 10.0 Å². The zero-order valence-corrected chi connectivity index (χ0v) is 18.2. The number of aryl methyl sites for hydroxylation is 1. The van der Waals surface area contributed by atoms with Crippen LogP contribution in [-0.2, 0) is 0 Å². The summed E-state index contributed by atoms with van der Waals surface area (Å²) in [6.45, 7) is 1.85. The second-order valence-corrected chi connectivity index (χ2v) is 7.28. The molecule has 0 saturated carbocycles. The number of hydrazone groups is 1.